The molecule has 1 aliphatic rings. The first-order valence-electron chi connectivity index (χ1n) is 8.90. The Kier molecular flexibility index (Phi) is 5.81. The van der Waals surface area contributed by atoms with Gasteiger partial charge in [-0.1, -0.05) is 47.1 Å². The van der Waals surface area contributed by atoms with Crippen LogP contribution < -0.4 is 4.90 Å². The normalized spacial score (nSPS) is 17.5. The minimum absolute atomic E-state index is 0.00406. The van der Waals surface area contributed by atoms with Crippen molar-refractivity contribution in [1.29, 1.82) is 0 Å². The Balaban J connectivity index is 1.73. The van der Waals surface area contributed by atoms with Gasteiger partial charge in [0.25, 0.3) is 11.6 Å². The average Bonchev–Trinajstić information content (AvgIpc) is 3.06. The van der Waals surface area contributed by atoms with Crippen molar-refractivity contribution in [1.82, 2.24) is 0 Å². The molecule has 1 saturated heterocycles. The molecule has 1 fully saturated rings. The van der Waals surface area contributed by atoms with Crippen molar-refractivity contribution in [2.24, 2.45) is 0 Å². The highest BCUT2D eigenvalue weighted by Gasteiger charge is 2.38. The number of hydrogen-bond donors (Lipinski definition) is 0. The van der Waals surface area contributed by atoms with Crippen LogP contribution in [-0.4, -0.2) is 10.8 Å². The lowest BCUT2D eigenvalue weighted by molar-refractivity contribution is -0.384. The maximum absolute atomic E-state index is 13.3. The van der Waals surface area contributed by atoms with E-state index in [1.807, 2.05) is 12.1 Å². The summed E-state index contributed by atoms with van der Waals surface area (Å²) in [6, 6.07) is 20.6. The molecule has 1 atom stereocenters. The van der Waals surface area contributed by atoms with Gasteiger partial charge in [-0.25, -0.2) is 0 Å². The zero-order valence-corrected chi connectivity index (χ0v) is 17.7. The van der Waals surface area contributed by atoms with Gasteiger partial charge in [0, 0.05) is 27.9 Å². The first-order chi connectivity index (χ1) is 14.4. The Hall–Kier alpha value is -2.80. The third-order valence-electron chi connectivity index (χ3n) is 4.56. The lowest BCUT2D eigenvalue weighted by atomic mass is 10.1. The molecule has 0 aromatic heterocycles. The summed E-state index contributed by atoms with van der Waals surface area (Å²) in [6.45, 7) is 0. The second-order valence-electron chi connectivity index (χ2n) is 6.53. The second kappa shape index (κ2) is 8.52. The summed E-state index contributed by atoms with van der Waals surface area (Å²) in [6.07, 6.45) is 1.75. The van der Waals surface area contributed by atoms with Gasteiger partial charge in [-0.15, -0.1) is 0 Å². The number of nitrogens with zero attached hydrogens (tertiary/aromatic N) is 2. The van der Waals surface area contributed by atoms with E-state index in [2.05, 4.69) is 0 Å². The maximum atomic E-state index is 13.3. The van der Waals surface area contributed by atoms with E-state index in [4.69, 9.17) is 23.2 Å². The number of nitro groups is 1. The fourth-order valence-corrected chi connectivity index (χ4v) is 4.60. The zero-order chi connectivity index (χ0) is 21.3. The van der Waals surface area contributed by atoms with E-state index in [9.17, 15) is 14.9 Å². The third-order valence-corrected chi connectivity index (χ3v) is 6.32. The van der Waals surface area contributed by atoms with E-state index in [1.165, 1.54) is 23.9 Å². The minimum atomic E-state index is -0.453. The van der Waals surface area contributed by atoms with E-state index in [-0.39, 0.29) is 17.0 Å². The number of anilines is 1. The summed E-state index contributed by atoms with van der Waals surface area (Å²) in [7, 11) is 0. The van der Waals surface area contributed by atoms with Gasteiger partial charge in [0.2, 0.25) is 0 Å². The third kappa shape index (κ3) is 4.21. The Morgan fingerprint density at radius 1 is 0.900 bits per heavy atom. The van der Waals surface area contributed by atoms with E-state index < -0.39 is 4.92 Å². The second-order valence-corrected chi connectivity index (χ2v) is 8.53. The molecule has 0 aliphatic carbocycles. The fourth-order valence-electron chi connectivity index (χ4n) is 3.09. The lowest BCUT2D eigenvalue weighted by Gasteiger charge is -2.24. The molecule has 150 valence electrons. The van der Waals surface area contributed by atoms with E-state index in [1.54, 1.807) is 59.5 Å². The van der Waals surface area contributed by atoms with E-state index in [0.717, 1.165) is 11.3 Å². The quantitative estimate of drug-likeness (QED) is 0.248. The maximum Gasteiger partial charge on any atom is 0.269 e. The topological polar surface area (TPSA) is 63.4 Å². The van der Waals surface area contributed by atoms with Gasteiger partial charge >= 0.3 is 0 Å². The van der Waals surface area contributed by atoms with Crippen molar-refractivity contribution in [2.75, 3.05) is 4.90 Å². The van der Waals surface area contributed by atoms with Gasteiger partial charge in [-0.3, -0.25) is 19.8 Å². The first kappa shape index (κ1) is 20.5. The summed E-state index contributed by atoms with van der Waals surface area (Å²) >= 11 is 13.5. The summed E-state index contributed by atoms with van der Waals surface area (Å²) in [5.41, 5.74) is 2.37. The average molecular weight is 457 g/mol. The molecule has 3 aromatic rings. The molecule has 3 aromatic carbocycles. The molecule has 0 N–H and O–H groups in total. The van der Waals surface area contributed by atoms with Crippen LogP contribution in [0.1, 0.15) is 16.5 Å². The molecule has 30 heavy (non-hydrogen) atoms. The molecule has 0 saturated carbocycles. The molecule has 1 heterocycles. The van der Waals surface area contributed by atoms with Crippen LogP contribution in [0, 0.1) is 10.1 Å². The van der Waals surface area contributed by atoms with Crippen molar-refractivity contribution in [2.45, 2.75) is 5.37 Å². The number of rotatable bonds is 4. The van der Waals surface area contributed by atoms with Crippen LogP contribution in [0.4, 0.5) is 11.4 Å². The summed E-state index contributed by atoms with van der Waals surface area (Å²) in [5, 5.41) is 11.8. The number of carbonyl (C=O) groups is 1. The molecule has 1 amide bonds. The largest absolute Gasteiger partial charge is 0.291 e. The van der Waals surface area contributed by atoms with Crippen LogP contribution in [0.25, 0.3) is 6.08 Å². The minimum Gasteiger partial charge on any atom is -0.291 e. The van der Waals surface area contributed by atoms with Crippen LogP contribution in [-0.2, 0) is 4.79 Å². The number of non-ortho nitro benzene ring substituents is 1. The zero-order valence-electron chi connectivity index (χ0n) is 15.4. The standard InChI is InChI=1S/C22H14Cl2N2O3S/c23-16-5-3-15(4-6-16)22-25(18-11-7-17(24)8-12-18)21(27)20(30-22)13-14-1-9-19(10-2-14)26(28)29/h1-13,22H/b20-13-/t22-/m0/s1. The molecule has 1 aliphatic heterocycles. The molecule has 5 nitrogen and oxygen atoms in total. The van der Waals surface area contributed by atoms with Gasteiger partial charge < -0.3 is 0 Å². The van der Waals surface area contributed by atoms with Crippen LogP contribution in [0.2, 0.25) is 10.0 Å². The van der Waals surface area contributed by atoms with Crippen LogP contribution in [0.15, 0.2) is 77.7 Å². The van der Waals surface area contributed by atoms with Crippen molar-refractivity contribution < 1.29 is 9.72 Å². The summed E-state index contributed by atoms with van der Waals surface area (Å²) in [5.74, 6) is -0.152. The number of amides is 1. The van der Waals surface area contributed by atoms with Gasteiger partial charge in [0.15, 0.2) is 0 Å². The number of halogens is 2. The molecular weight excluding hydrogens is 443 g/mol. The fraction of sp³-hybridized carbons (Fsp3) is 0.0455. The molecule has 0 radical (unpaired) electrons. The Morgan fingerprint density at radius 2 is 1.47 bits per heavy atom. The number of nitro benzene ring substituents is 1. The SMILES string of the molecule is O=C1/C(=C/c2ccc([N+](=O)[O-])cc2)S[C@@H](c2ccc(Cl)cc2)N1c1ccc(Cl)cc1. The van der Waals surface area contributed by atoms with Gasteiger partial charge in [0.05, 0.1) is 9.83 Å². The van der Waals surface area contributed by atoms with Crippen molar-refractivity contribution in [3.05, 3.63) is 109 Å². The van der Waals surface area contributed by atoms with Crippen LogP contribution in [0.5, 0.6) is 0 Å². The van der Waals surface area contributed by atoms with Crippen molar-refractivity contribution in [3.63, 3.8) is 0 Å². The van der Waals surface area contributed by atoms with Gasteiger partial charge in [-0.05, 0) is 65.7 Å². The molecule has 4 rings (SSSR count). The van der Waals surface area contributed by atoms with Gasteiger partial charge in [-0.2, -0.15) is 0 Å². The first-order valence-corrected chi connectivity index (χ1v) is 10.5. The monoisotopic (exact) mass is 456 g/mol. The molecule has 8 heteroatoms. The van der Waals surface area contributed by atoms with E-state index >= 15 is 0 Å². The molecule has 0 spiro atoms. The predicted molar refractivity (Wildman–Crippen MR) is 122 cm³/mol. The number of benzene rings is 3. The van der Waals surface area contributed by atoms with Gasteiger partial charge in [0.1, 0.15) is 5.37 Å². The van der Waals surface area contributed by atoms with Crippen LogP contribution in [0.3, 0.4) is 0 Å². The summed E-state index contributed by atoms with van der Waals surface area (Å²) in [4.78, 5) is 26.0. The Morgan fingerprint density at radius 3 is 2.03 bits per heavy atom. The number of thioether (sulfide) groups is 1. The summed E-state index contributed by atoms with van der Waals surface area (Å²) < 4.78 is 0. The smallest absolute Gasteiger partial charge is 0.269 e. The van der Waals surface area contributed by atoms with Crippen LogP contribution >= 0.6 is 35.0 Å². The lowest BCUT2D eigenvalue weighted by Crippen LogP contribution is -2.27. The molecular formula is C22H14Cl2N2O3S. The van der Waals surface area contributed by atoms with Crippen molar-refractivity contribution in [3.8, 4) is 0 Å². The highest BCUT2D eigenvalue weighted by atomic mass is 35.5. The van der Waals surface area contributed by atoms with E-state index in [0.29, 0.717) is 20.5 Å². The number of hydrogen-bond acceptors (Lipinski definition) is 4. The highest BCUT2D eigenvalue weighted by molar-refractivity contribution is 8.05. The highest BCUT2D eigenvalue weighted by Crippen LogP contribution is 2.48. The number of carbonyl (C=O) groups excluding carboxylic acids is 1. The Bertz CT molecular complexity index is 1130. The van der Waals surface area contributed by atoms with Crippen molar-refractivity contribution >= 4 is 58.3 Å². The molecule has 0 bridgehead atoms. The Labute approximate surface area is 187 Å². The predicted octanol–water partition coefficient (Wildman–Crippen LogP) is 6.72. The molecule has 0 unspecified atom stereocenters.